The summed E-state index contributed by atoms with van der Waals surface area (Å²) in [6.45, 7) is 0. The van der Waals surface area contributed by atoms with E-state index >= 15 is 0 Å². The molecular formula is C48H24O2. The number of methoxy groups -OCH3 is 1. The van der Waals surface area contributed by atoms with Crippen LogP contribution in [0.15, 0.2) is 54.6 Å². The van der Waals surface area contributed by atoms with Gasteiger partial charge >= 0.3 is 5.97 Å². The lowest BCUT2D eigenvalue weighted by atomic mass is 9.67. The van der Waals surface area contributed by atoms with E-state index in [1.165, 1.54) is 32.7 Å². The largest absolute Gasteiger partial charge is 0.468 e. The van der Waals surface area contributed by atoms with Crippen molar-refractivity contribution in [2.45, 2.75) is 47.8 Å². The van der Waals surface area contributed by atoms with Gasteiger partial charge in [-0.05, 0) is 173 Å². The van der Waals surface area contributed by atoms with Gasteiger partial charge in [-0.15, -0.1) is 0 Å². The summed E-state index contributed by atoms with van der Waals surface area (Å²) in [6, 6.07) is 16.1. The van der Waals surface area contributed by atoms with E-state index in [1.54, 1.807) is 111 Å². The van der Waals surface area contributed by atoms with E-state index in [9.17, 15) is 4.79 Å². The SMILES string of the molecule is COC(=O)C1(c2ccccc2)C2c3cc4c5c6c3c3c7c8c9c%10c%11c%12c%13c%14c(cc%15c%16c(c(c%11c%14%16)c6c3%10)C5C(C=4)C%15)CC%13=CC(CC8=CC721)C%129. The lowest BCUT2D eigenvalue weighted by molar-refractivity contribution is -0.144. The molecule has 0 heterocycles. The van der Waals surface area contributed by atoms with Gasteiger partial charge in [-0.25, -0.2) is 0 Å². The van der Waals surface area contributed by atoms with Crippen LogP contribution in [-0.4, -0.2) is 13.1 Å². The number of rotatable bonds is 2. The Morgan fingerprint density at radius 1 is 0.680 bits per heavy atom. The molecule has 10 aliphatic rings. The van der Waals surface area contributed by atoms with Crippen LogP contribution in [-0.2, 0) is 33.2 Å². The first-order chi connectivity index (χ1) is 24.7. The van der Waals surface area contributed by atoms with Gasteiger partial charge in [0.05, 0.1) is 7.11 Å². The molecule has 228 valence electrons. The molecule has 0 radical (unpaired) electrons. The van der Waals surface area contributed by atoms with Gasteiger partial charge in [-0.1, -0.05) is 60.7 Å². The standard InChI is InChI=1S/C48H24O2/c1-50-46(49)48(22-5-3-2-4-6-22)45-23-13-20-11-17-9-18-8-15-7-16-10-19-12-21-14-47(45,48)44-30(21)35-29(19)34-25(16)24(15)32-28(18)33-26(17)27(20)36-31(23)43(44)42-40(35)38(34)37(32)39(33)41(36)42/h2-6,8,10-11,13-14,17,19,26,29,45H,7,9,12H2,1H3. The highest BCUT2D eigenvalue weighted by Crippen LogP contribution is 2.85. The molecule has 0 N–H and O–H groups in total. The third-order valence-electron chi connectivity index (χ3n) is 17.0. The van der Waals surface area contributed by atoms with Crippen LogP contribution in [0.5, 0.6) is 0 Å². The van der Waals surface area contributed by atoms with Gasteiger partial charge in [-0.3, -0.25) is 4.79 Å². The fraction of sp³-hybridized carbons (Fsp3) is 0.229. The van der Waals surface area contributed by atoms with Crippen molar-refractivity contribution in [1.29, 1.82) is 0 Å². The Bertz CT molecular complexity index is 3480. The lowest BCUT2D eigenvalue weighted by Gasteiger charge is -2.36. The predicted octanol–water partition coefficient (Wildman–Crippen LogP) is 8.89. The molecule has 7 unspecified atom stereocenters. The van der Waals surface area contributed by atoms with Crippen molar-refractivity contribution in [1.82, 2.24) is 0 Å². The summed E-state index contributed by atoms with van der Waals surface area (Å²) in [5.41, 5.74) is 18.9. The summed E-state index contributed by atoms with van der Waals surface area (Å²) in [5, 5.41) is 20.6. The molecule has 0 amide bonds. The smallest absolute Gasteiger partial charge is 0.318 e. The normalized spacial score (nSPS) is 32.7. The summed E-state index contributed by atoms with van der Waals surface area (Å²) < 4.78 is 5.97. The van der Waals surface area contributed by atoms with Gasteiger partial charge in [-0.2, -0.15) is 0 Å². The van der Waals surface area contributed by atoms with Crippen molar-refractivity contribution in [3.8, 4) is 0 Å². The summed E-state index contributed by atoms with van der Waals surface area (Å²) in [6.07, 6.45) is 11.4. The topological polar surface area (TPSA) is 26.3 Å². The maximum Gasteiger partial charge on any atom is 0.318 e. The molecule has 1 spiro atoms. The summed E-state index contributed by atoms with van der Waals surface area (Å²) in [7, 11) is 1.62. The fourth-order valence-electron chi connectivity index (χ4n) is 16.3. The molecule has 2 heteroatoms. The quantitative estimate of drug-likeness (QED) is 0.141. The Balaban J connectivity index is 1.22. The Kier molecular flexibility index (Phi) is 2.64. The zero-order valence-electron chi connectivity index (χ0n) is 27.1. The van der Waals surface area contributed by atoms with Crippen LogP contribution in [0.3, 0.4) is 0 Å². The molecule has 1 saturated carbocycles. The molecule has 50 heavy (non-hydrogen) atoms. The van der Waals surface area contributed by atoms with Crippen molar-refractivity contribution < 1.29 is 9.53 Å². The zero-order chi connectivity index (χ0) is 31.4. The van der Waals surface area contributed by atoms with Crippen LogP contribution < -0.4 is 5.22 Å². The lowest BCUT2D eigenvalue weighted by Crippen LogP contribution is -2.30. The summed E-state index contributed by atoms with van der Waals surface area (Å²) in [5.74, 6) is 1.78. The highest BCUT2D eigenvalue weighted by Gasteiger charge is 2.85. The molecule has 10 aliphatic carbocycles. The Labute approximate surface area is 284 Å². The van der Waals surface area contributed by atoms with Gasteiger partial charge < -0.3 is 4.74 Å². The third kappa shape index (κ3) is 1.56. The predicted molar refractivity (Wildman–Crippen MR) is 197 cm³/mol. The molecule has 2 nitrogen and oxygen atoms in total. The maximum atomic E-state index is 14.9. The number of hydrogen-bond donors (Lipinski definition) is 0. The van der Waals surface area contributed by atoms with Gasteiger partial charge in [0.2, 0.25) is 0 Å². The van der Waals surface area contributed by atoms with E-state index in [2.05, 4.69) is 60.7 Å². The van der Waals surface area contributed by atoms with Gasteiger partial charge in [0.1, 0.15) is 5.41 Å². The number of esters is 1. The van der Waals surface area contributed by atoms with Gasteiger partial charge in [0.15, 0.2) is 0 Å². The van der Waals surface area contributed by atoms with Gasteiger partial charge in [0, 0.05) is 23.2 Å². The van der Waals surface area contributed by atoms with E-state index in [1.807, 2.05) is 0 Å². The molecule has 0 aliphatic heterocycles. The molecule has 0 bridgehead atoms. The minimum Gasteiger partial charge on any atom is -0.468 e. The van der Waals surface area contributed by atoms with Crippen molar-refractivity contribution in [3.05, 3.63) is 121 Å². The number of carbonyl (C=O) groups excluding carboxylic acids is 1. The number of allylic oxidation sites excluding steroid dienone is 4. The second-order valence-electron chi connectivity index (χ2n) is 17.9. The number of fused-ring (bicyclic) bond motifs is 1. The number of carbonyl (C=O) groups is 1. The summed E-state index contributed by atoms with van der Waals surface area (Å²) in [4.78, 5) is 14.9. The minimum atomic E-state index is -0.779. The van der Waals surface area contributed by atoms with Crippen LogP contribution in [0, 0.1) is 11.8 Å². The third-order valence-corrected chi connectivity index (χ3v) is 17.0. The minimum absolute atomic E-state index is 0.0266. The highest BCUT2D eigenvalue weighted by atomic mass is 16.5. The molecule has 8 aromatic carbocycles. The van der Waals surface area contributed by atoms with Crippen LogP contribution in [0.1, 0.15) is 85.4 Å². The van der Waals surface area contributed by atoms with E-state index in [0.29, 0.717) is 23.7 Å². The molecule has 0 aromatic heterocycles. The van der Waals surface area contributed by atoms with E-state index in [0.717, 1.165) is 24.8 Å². The second-order valence-corrected chi connectivity index (χ2v) is 17.9. The first kappa shape index (κ1) is 22.5. The molecule has 7 atom stereocenters. The molecule has 0 saturated heterocycles. The molecule has 18 rings (SSSR count). The monoisotopic (exact) mass is 632 g/mol. The van der Waals surface area contributed by atoms with Crippen LogP contribution in [0.2, 0.25) is 0 Å². The highest BCUT2D eigenvalue weighted by molar-refractivity contribution is 6.52. The van der Waals surface area contributed by atoms with Crippen molar-refractivity contribution in [3.63, 3.8) is 0 Å². The first-order valence-corrected chi connectivity index (χ1v) is 18.9. The van der Waals surface area contributed by atoms with Crippen molar-refractivity contribution in [2.75, 3.05) is 7.11 Å². The Hall–Kier alpha value is -5.21. The average Bonchev–Trinajstić information content (AvgIpc) is 3.79. The number of hydrogen-bond acceptors (Lipinski definition) is 2. The molecule has 8 aromatic rings. The molecule has 1 fully saturated rings. The molecular weight excluding hydrogens is 609 g/mol. The Morgan fingerprint density at radius 3 is 2.28 bits per heavy atom. The maximum absolute atomic E-state index is 14.9. The van der Waals surface area contributed by atoms with Crippen LogP contribution in [0.25, 0.3) is 81.9 Å². The van der Waals surface area contributed by atoms with Gasteiger partial charge in [0.25, 0.3) is 0 Å². The van der Waals surface area contributed by atoms with E-state index in [4.69, 9.17) is 4.74 Å². The van der Waals surface area contributed by atoms with Crippen molar-refractivity contribution >= 4 is 87.8 Å². The van der Waals surface area contributed by atoms with E-state index < -0.39 is 10.8 Å². The van der Waals surface area contributed by atoms with Crippen LogP contribution in [0.4, 0.5) is 0 Å². The second kappa shape index (κ2) is 5.88. The zero-order valence-corrected chi connectivity index (χ0v) is 27.1. The number of ether oxygens (including phenoxy) is 1. The Morgan fingerprint density at radius 2 is 1.42 bits per heavy atom. The van der Waals surface area contributed by atoms with E-state index in [-0.39, 0.29) is 11.9 Å². The first-order valence-electron chi connectivity index (χ1n) is 18.9. The summed E-state index contributed by atoms with van der Waals surface area (Å²) >= 11 is 0. The van der Waals surface area contributed by atoms with Crippen molar-refractivity contribution in [2.24, 2.45) is 11.8 Å². The fourth-order valence-corrected chi connectivity index (χ4v) is 16.3. The number of benzene rings is 6. The average molecular weight is 633 g/mol. The van der Waals surface area contributed by atoms with Crippen LogP contribution >= 0.6 is 0 Å².